The van der Waals surface area contributed by atoms with E-state index in [1.54, 1.807) is 25.4 Å². The molecule has 0 spiro atoms. The van der Waals surface area contributed by atoms with E-state index in [2.05, 4.69) is 28.9 Å². The smallest absolute Gasteiger partial charge is 0.214 e. The van der Waals surface area contributed by atoms with Gasteiger partial charge in [0.25, 0.3) is 0 Å². The van der Waals surface area contributed by atoms with Gasteiger partial charge in [-0.3, -0.25) is 0 Å². The molecule has 0 bridgehead atoms. The Kier molecular flexibility index (Phi) is 5.52. The lowest BCUT2D eigenvalue weighted by Crippen LogP contribution is -2.30. The summed E-state index contributed by atoms with van der Waals surface area (Å²) < 4.78 is 24.5. The van der Waals surface area contributed by atoms with Gasteiger partial charge in [-0.1, -0.05) is 30.3 Å². The van der Waals surface area contributed by atoms with Gasteiger partial charge in [0, 0.05) is 32.1 Å². The third-order valence-electron chi connectivity index (χ3n) is 3.15. The van der Waals surface area contributed by atoms with Gasteiger partial charge in [0.05, 0.1) is 5.75 Å². The molecule has 0 radical (unpaired) electrons. The van der Waals surface area contributed by atoms with Crippen LogP contribution in [0.3, 0.4) is 0 Å². The van der Waals surface area contributed by atoms with E-state index in [9.17, 15) is 8.42 Å². The van der Waals surface area contributed by atoms with E-state index in [-0.39, 0.29) is 5.75 Å². The van der Waals surface area contributed by atoms with Gasteiger partial charge >= 0.3 is 0 Å². The first kappa shape index (κ1) is 16.2. The Hall–Kier alpha value is -1.21. The lowest BCUT2D eigenvalue weighted by Gasteiger charge is -2.11. The van der Waals surface area contributed by atoms with Crippen molar-refractivity contribution in [3.05, 3.63) is 46.7 Å². The molecule has 4 nitrogen and oxygen atoms in total. The number of hydrogen-bond donors (Lipinski definition) is 1. The van der Waals surface area contributed by atoms with Crippen LogP contribution in [-0.2, 0) is 16.6 Å². The fourth-order valence-electron chi connectivity index (χ4n) is 1.85. The highest BCUT2D eigenvalue weighted by molar-refractivity contribution is 7.89. The zero-order valence-corrected chi connectivity index (χ0v) is 13.9. The van der Waals surface area contributed by atoms with Gasteiger partial charge in [-0.25, -0.2) is 12.7 Å². The van der Waals surface area contributed by atoms with Gasteiger partial charge < -0.3 is 5.32 Å². The van der Waals surface area contributed by atoms with Gasteiger partial charge in [0.2, 0.25) is 10.0 Å². The molecule has 1 N–H and O–H groups in total. The Morgan fingerprint density at radius 2 is 1.86 bits per heavy atom. The molecule has 0 aliphatic carbocycles. The number of hydrogen-bond acceptors (Lipinski definition) is 4. The number of nitrogens with one attached hydrogen (secondary N) is 1. The average molecular weight is 324 g/mol. The Morgan fingerprint density at radius 3 is 2.52 bits per heavy atom. The molecule has 6 heteroatoms. The van der Waals surface area contributed by atoms with Crippen molar-refractivity contribution < 1.29 is 8.42 Å². The topological polar surface area (TPSA) is 49.4 Å². The van der Waals surface area contributed by atoms with E-state index in [0.717, 1.165) is 0 Å². The number of benzene rings is 1. The molecule has 114 valence electrons. The molecular weight excluding hydrogens is 304 g/mol. The van der Waals surface area contributed by atoms with E-state index in [1.165, 1.54) is 20.3 Å². The SMILES string of the molecule is CN(C)S(=O)(=O)CCNCc1cc(-c2ccccc2)cs1. The largest absolute Gasteiger partial charge is 0.311 e. The molecule has 0 aliphatic rings. The molecule has 21 heavy (non-hydrogen) atoms. The van der Waals surface area contributed by atoms with Gasteiger partial charge in [-0.05, 0) is 22.6 Å². The molecule has 0 atom stereocenters. The first-order valence-electron chi connectivity index (χ1n) is 6.73. The van der Waals surface area contributed by atoms with Crippen LogP contribution in [0.25, 0.3) is 11.1 Å². The Balaban J connectivity index is 1.84. The fourth-order valence-corrected chi connectivity index (χ4v) is 3.48. The molecule has 0 amide bonds. The van der Waals surface area contributed by atoms with E-state index in [1.807, 2.05) is 18.2 Å². The molecular formula is C15H20N2O2S2. The van der Waals surface area contributed by atoms with Crippen LogP contribution in [0.2, 0.25) is 0 Å². The highest BCUT2D eigenvalue weighted by Crippen LogP contribution is 2.25. The average Bonchev–Trinajstić information content (AvgIpc) is 2.93. The Morgan fingerprint density at radius 1 is 1.14 bits per heavy atom. The van der Waals surface area contributed by atoms with Crippen molar-refractivity contribution in [1.82, 2.24) is 9.62 Å². The van der Waals surface area contributed by atoms with Gasteiger partial charge in [-0.15, -0.1) is 11.3 Å². The van der Waals surface area contributed by atoms with Crippen LogP contribution >= 0.6 is 11.3 Å². The molecule has 0 fully saturated rings. The van der Waals surface area contributed by atoms with Crippen molar-refractivity contribution in [3.63, 3.8) is 0 Å². The van der Waals surface area contributed by atoms with Crippen molar-refractivity contribution in [2.45, 2.75) is 6.54 Å². The third-order valence-corrected chi connectivity index (χ3v) is 5.92. The maximum atomic E-state index is 11.6. The first-order valence-corrected chi connectivity index (χ1v) is 9.22. The summed E-state index contributed by atoms with van der Waals surface area (Å²) in [6, 6.07) is 12.4. The minimum absolute atomic E-state index is 0.122. The Labute approximate surface area is 130 Å². The van der Waals surface area contributed by atoms with Crippen molar-refractivity contribution in [3.8, 4) is 11.1 Å². The van der Waals surface area contributed by atoms with E-state index < -0.39 is 10.0 Å². The van der Waals surface area contributed by atoms with E-state index in [0.29, 0.717) is 13.1 Å². The monoisotopic (exact) mass is 324 g/mol. The number of sulfonamides is 1. The van der Waals surface area contributed by atoms with Crippen LogP contribution in [0, 0.1) is 0 Å². The maximum Gasteiger partial charge on any atom is 0.214 e. The summed E-state index contributed by atoms with van der Waals surface area (Å²) >= 11 is 1.69. The molecule has 2 aromatic rings. The van der Waals surface area contributed by atoms with Crippen molar-refractivity contribution in [2.24, 2.45) is 0 Å². The summed E-state index contributed by atoms with van der Waals surface area (Å²) in [4.78, 5) is 1.20. The summed E-state index contributed by atoms with van der Waals surface area (Å²) in [5, 5.41) is 5.31. The third kappa shape index (κ3) is 4.64. The van der Waals surface area contributed by atoms with Gasteiger partial charge in [-0.2, -0.15) is 0 Å². The zero-order chi connectivity index (χ0) is 15.3. The maximum absolute atomic E-state index is 11.6. The normalized spacial score (nSPS) is 12.0. The highest BCUT2D eigenvalue weighted by atomic mass is 32.2. The molecule has 0 saturated heterocycles. The lowest BCUT2D eigenvalue weighted by molar-refractivity contribution is 0.517. The molecule has 1 heterocycles. The number of thiophene rings is 1. The summed E-state index contributed by atoms with van der Waals surface area (Å²) in [5.74, 6) is 0.122. The molecule has 2 rings (SSSR count). The second-order valence-corrected chi connectivity index (χ2v) is 8.24. The first-order chi connectivity index (χ1) is 9.99. The van der Waals surface area contributed by atoms with Gasteiger partial charge in [0.1, 0.15) is 0 Å². The van der Waals surface area contributed by atoms with Crippen LogP contribution in [0.5, 0.6) is 0 Å². The van der Waals surface area contributed by atoms with Crippen molar-refractivity contribution in [1.29, 1.82) is 0 Å². The van der Waals surface area contributed by atoms with E-state index in [4.69, 9.17) is 0 Å². The minimum atomic E-state index is -3.12. The summed E-state index contributed by atoms with van der Waals surface area (Å²) in [7, 11) is -0.00359. The van der Waals surface area contributed by atoms with Crippen LogP contribution in [0.4, 0.5) is 0 Å². The van der Waals surface area contributed by atoms with Gasteiger partial charge in [0.15, 0.2) is 0 Å². The number of rotatable bonds is 7. The lowest BCUT2D eigenvalue weighted by atomic mass is 10.1. The Bertz CT molecular complexity index is 664. The summed E-state index contributed by atoms with van der Waals surface area (Å²) in [5.41, 5.74) is 2.41. The molecule has 0 aliphatic heterocycles. The molecule has 1 aromatic heterocycles. The van der Waals surface area contributed by atoms with Crippen molar-refractivity contribution in [2.75, 3.05) is 26.4 Å². The summed E-state index contributed by atoms with van der Waals surface area (Å²) in [6.07, 6.45) is 0. The summed E-state index contributed by atoms with van der Waals surface area (Å²) in [6.45, 7) is 1.15. The highest BCUT2D eigenvalue weighted by Gasteiger charge is 2.12. The standard InChI is InChI=1S/C15H20N2O2S2/c1-17(2)21(18,19)9-8-16-11-15-10-14(12-20-15)13-6-4-3-5-7-13/h3-7,10,12,16H,8-9,11H2,1-2H3. The quantitative estimate of drug-likeness (QED) is 0.796. The molecule has 0 saturated carbocycles. The van der Waals surface area contributed by atoms with Crippen LogP contribution in [0.15, 0.2) is 41.8 Å². The van der Waals surface area contributed by atoms with E-state index >= 15 is 0 Å². The predicted molar refractivity (Wildman–Crippen MR) is 88.9 cm³/mol. The minimum Gasteiger partial charge on any atom is -0.311 e. The van der Waals surface area contributed by atoms with Crippen LogP contribution in [-0.4, -0.2) is 39.1 Å². The second-order valence-electron chi connectivity index (χ2n) is 4.94. The second kappa shape index (κ2) is 7.17. The fraction of sp³-hybridized carbons (Fsp3) is 0.333. The van der Waals surface area contributed by atoms with Crippen molar-refractivity contribution >= 4 is 21.4 Å². The van der Waals surface area contributed by atoms with Crippen LogP contribution in [0.1, 0.15) is 4.88 Å². The number of nitrogens with zero attached hydrogens (tertiary/aromatic N) is 1. The molecule has 1 aromatic carbocycles. The predicted octanol–water partition coefficient (Wildman–Crippen LogP) is 2.40. The molecule has 0 unspecified atom stereocenters. The zero-order valence-electron chi connectivity index (χ0n) is 12.2. The van der Waals surface area contributed by atoms with Crippen LogP contribution < -0.4 is 5.32 Å².